The Bertz CT molecular complexity index is 717. The summed E-state index contributed by atoms with van der Waals surface area (Å²) in [6, 6.07) is 8.30. The van der Waals surface area contributed by atoms with Crippen molar-refractivity contribution in [2.75, 3.05) is 5.32 Å². The van der Waals surface area contributed by atoms with Crippen molar-refractivity contribution in [3.63, 3.8) is 0 Å². The van der Waals surface area contributed by atoms with Gasteiger partial charge in [-0.05, 0) is 50.1 Å². The molecule has 0 saturated carbocycles. The summed E-state index contributed by atoms with van der Waals surface area (Å²) in [5.41, 5.74) is -0.226. The average molecular weight is 418 g/mol. The quantitative estimate of drug-likeness (QED) is 0.589. The number of carbonyl (C=O) groups is 1. The van der Waals surface area contributed by atoms with Crippen LogP contribution in [0.5, 0.6) is 0 Å². The normalized spacial score (nSPS) is 10.2. The fourth-order valence-corrected chi connectivity index (χ4v) is 2.66. The molecule has 2 aromatic rings. The van der Waals surface area contributed by atoms with Crippen molar-refractivity contribution in [3.05, 3.63) is 66.8 Å². The molecule has 108 valence electrons. The monoisotopic (exact) mass is 416 g/mol. The lowest BCUT2D eigenvalue weighted by atomic mass is 10.2. The minimum absolute atomic E-state index is 0.0269. The number of nitrogens with one attached hydrogen (secondary N) is 1. The van der Waals surface area contributed by atoms with Gasteiger partial charge in [0.15, 0.2) is 0 Å². The molecule has 21 heavy (non-hydrogen) atoms. The summed E-state index contributed by atoms with van der Waals surface area (Å²) in [7, 11) is 0. The van der Waals surface area contributed by atoms with Crippen molar-refractivity contribution in [1.82, 2.24) is 0 Å². The SMILES string of the molecule is O=C(Nc1c(F)cccc1Br)c1cccc([N+](=O)[O-])c1Br. The molecule has 2 rings (SSSR count). The van der Waals surface area contributed by atoms with E-state index < -0.39 is 16.6 Å². The van der Waals surface area contributed by atoms with Crippen LogP contribution in [0.2, 0.25) is 0 Å². The molecule has 1 amide bonds. The number of rotatable bonds is 3. The smallest absolute Gasteiger partial charge is 0.284 e. The summed E-state index contributed by atoms with van der Waals surface area (Å²) in [4.78, 5) is 22.4. The molecule has 0 heterocycles. The highest BCUT2D eigenvalue weighted by atomic mass is 79.9. The van der Waals surface area contributed by atoms with Crippen molar-refractivity contribution in [2.45, 2.75) is 0 Å². The third-order valence-corrected chi connectivity index (χ3v) is 4.12. The fraction of sp³-hybridized carbons (Fsp3) is 0. The van der Waals surface area contributed by atoms with Crippen molar-refractivity contribution in [1.29, 1.82) is 0 Å². The van der Waals surface area contributed by atoms with Crippen LogP contribution >= 0.6 is 31.9 Å². The van der Waals surface area contributed by atoms with Gasteiger partial charge in [0.1, 0.15) is 10.3 Å². The van der Waals surface area contributed by atoms with E-state index in [0.717, 1.165) is 0 Å². The van der Waals surface area contributed by atoms with Crippen LogP contribution in [0.3, 0.4) is 0 Å². The van der Waals surface area contributed by atoms with Gasteiger partial charge in [0.25, 0.3) is 11.6 Å². The maximum absolute atomic E-state index is 13.7. The number of nitro groups is 1. The summed E-state index contributed by atoms with van der Waals surface area (Å²) in [6.07, 6.45) is 0. The van der Waals surface area contributed by atoms with E-state index in [4.69, 9.17) is 0 Å². The van der Waals surface area contributed by atoms with Gasteiger partial charge in [0, 0.05) is 10.5 Å². The van der Waals surface area contributed by atoms with Gasteiger partial charge in [-0.1, -0.05) is 12.1 Å². The molecule has 0 atom stereocenters. The standard InChI is InChI=1S/C13H7Br2FN2O3/c14-8-4-2-5-9(16)12(8)17-13(19)7-3-1-6-10(11(7)15)18(20)21/h1-6H,(H,17,19). The number of nitrogens with zero attached hydrogens (tertiary/aromatic N) is 1. The highest BCUT2D eigenvalue weighted by Gasteiger charge is 2.20. The first-order valence-corrected chi connectivity index (χ1v) is 7.18. The Morgan fingerprint density at radius 3 is 2.48 bits per heavy atom. The van der Waals surface area contributed by atoms with E-state index in [9.17, 15) is 19.3 Å². The number of benzene rings is 2. The Hall–Kier alpha value is -1.80. The van der Waals surface area contributed by atoms with Crippen LogP contribution in [0.1, 0.15) is 10.4 Å². The number of anilines is 1. The molecule has 0 aliphatic rings. The van der Waals surface area contributed by atoms with Crippen molar-refractivity contribution in [2.24, 2.45) is 0 Å². The maximum Gasteiger partial charge on any atom is 0.284 e. The first-order valence-electron chi connectivity index (χ1n) is 5.60. The average Bonchev–Trinajstić information content (AvgIpc) is 2.42. The lowest BCUT2D eigenvalue weighted by Gasteiger charge is -2.09. The zero-order valence-corrected chi connectivity index (χ0v) is 13.4. The Morgan fingerprint density at radius 1 is 1.19 bits per heavy atom. The van der Waals surface area contributed by atoms with Crippen molar-refractivity contribution >= 4 is 49.1 Å². The van der Waals surface area contributed by atoms with Crippen LogP contribution in [0.4, 0.5) is 15.8 Å². The van der Waals surface area contributed by atoms with E-state index in [1.807, 2.05) is 0 Å². The molecule has 0 unspecified atom stereocenters. The van der Waals surface area contributed by atoms with E-state index in [-0.39, 0.29) is 21.4 Å². The number of hydrogen-bond donors (Lipinski definition) is 1. The van der Waals surface area contributed by atoms with Crippen LogP contribution in [-0.4, -0.2) is 10.8 Å². The highest BCUT2D eigenvalue weighted by molar-refractivity contribution is 9.11. The topological polar surface area (TPSA) is 72.2 Å². The number of carbonyl (C=O) groups excluding carboxylic acids is 1. The number of amides is 1. The minimum atomic E-state index is -0.656. The predicted molar refractivity (Wildman–Crippen MR) is 82.8 cm³/mol. The molecule has 5 nitrogen and oxygen atoms in total. The molecule has 0 fully saturated rings. The molecule has 0 aliphatic heterocycles. The van der Waals surface area contributed by atoms with Gasteiger partial charge in [-0.15, -0.1) is 0 Å². The van der Waals surface area contributed by atoms with E-state index in [2.05, 4.69) is 37.2 Å². The summed E-state index contributed by atoms with van der Waals surface area (Å²) in [5, 5.41) is 13.2. The minimum Gasteiger partial charge on any atom is -0.318 e. The van der Waals surface area contributed by atoms with Crippen molar-refractivity contribution in [3.8, 4) is 0 Å². The van der Waals surface area contributed by atoms with Crippen LogP contribution in [-0.2, 0) is 0 Å². The second-order valence-electron chi connectivity index (χ2n) is 3.95. The second-order valence-corrected chi connectivity index (χ2v) is 5.59. The predicted octanol–water partition coefficient (Wildman–Crippen LogP) is 4.51. The summed E-state index contributed by atoms with van der Waals surface area (Å²) >= 11 is 6.15. The van der Waals surface area contributed by atoms with Gasteiger partial charge in [0.2, 0.25) is 0 Å². The Morgan fingerprint density at radius 2 is 1.86 bits per heavy atom. The molecule has 0 radical (unpaired) electrons. The van der Waals surface area contributed by atoms with E-state index >= 15 is 0 Å². The van der Waals surface area contributed by atoms with Crippen LogP contribution in [0.25, 0.3) is 0 Å². The lowest BCUT2D eigenvalue weighted by Crippen LogP contribution is -2.14. The molecule has 0 spiro atoms. The molecule has 1 N–H and O–H groups in total. The molecule has 0 bridgehead atoms. The third kappa shape index (κ3) is 3.27. The molecule has 0 aliphatic carbocycles. The number of nitro benzene ring substituents is 1. The lowest BCUT2D eigenvalue weighted by molar-refractivity contribution is -0.385. The maximum atomic E-state index is 13.7. The molecular formula is C13H7Br2FN2O3. The fourth-order valence-electron chi connectivity index (χ4n) is 1.63. The van der Waals surface area contributed by atoms with Gasteiger partial charge in [0.05, 0.1) is 16.2 Å². The molecule has 2 aromatic carbocycles. The molecule has 8 heteroatoms. The largest absolute Gasteiger partial charge is 0.318 e. The van der Waals surface area contributed by atoms with Crippen LogP contribution in [0.15, 0.2) is 45.3 Å². The number of para-hydroxylation sites is 1. The van der Waals surface area contributed by atoms with E-state index in [1.165, 1.54) is 30.3 Å². The molecule has 0 saturated heterocycles. The third-order valence-electron chi connectivity index (χ3n) is 2.62. The summed E-state index contributed by atoms with van der Waals surface area (Å²) in [5.74, 6) is -1.27. The molecule has 0 aromatic heterocycles. The first-order chi connectivity index (χ1) is 9.91. The van der Waals surface area contributed by atoms with Gasteiger partial charge in [-0.3, -0.25) is 14.9 Å². The van der Waals surface area contributed by atoms with E-state index in [1.54, 1.807) is 6.07 Å². The van der Waals surface area contributed by atoms with E-state index in [0.29, 0.717) is 4.47 Å². The summed E-state index contributed by atoms with van der Waals surface area (Å²) < 4.78 is 14.1. The Balaban J connectivity index is 2.38. The second kappa shape index (κ2) is 6.31. The Labute approximate surface area is 135 Å². The summed E-state index contributed by atoms with van der Waals surface area (Å²) in [6.45, 7) is 0. The highest BCUT2D eigenvalue weighted by Crippen LogP contribution is 2.30. The number of halogens is 3. The first kappa shape index (κ1) is 15.6. The van der Waals surface area contributed by atoms with Crippen LogP contribution in [0, 0.1) is 15.9 Å². The van der Waals surface area contributed by atoms with Crippen LogP contribution < -0.4 is 5.32 Å². The number of hydrogen-bond acceptors (Lipinski definition) is 3. The zero-order valence-electron chi connectivity index (χ0n) is 10.3. The van der Waals surface area contributed by atoms with Crippen molar-refractivity contribution < 1.29 is 14.1 Å². The van der Waals surface area contributed by atoms with Gasteiger partial charge < -0.3 is 5.32 Å². The molecular weight excluding hydrogens is 411 g/mol. The Kier molecular flexibility index (Phi) is 4.69. The van der Waals surface area contributed by atoms with Gasteiger partial charge in [-0.25, -0.2) is 4.39 Å². The van der Waals surface area contributed by atoms with Gasteiger partial charge >= 0.3 is 0 Å². The zero-order chi connectivity index (χ0) is 15.6. The van der Waals surface area contributed by atoms with Gasteiger partial charge in [-0.2, -0.15) is 0 Å².